The van der Waals surface area contributed by atoms with Gasteiger partial charge in [0.05, 0.1) is 5.52 Å². The molecule has 0 saturated heterocycles. The number of carbonyl (C=O) groups is 1. The highest BCUT2D eigenvalue weighted by Crippen LogP contribution is 2.31. The van der Waals surface area contributed by atoms with Crippen LogP contribution in [0.4, 0.5) is 5.69 Å². The van der Waals surface area contributed by atoms with E-state index in [9.17, 15) is 9.59 Å². The minimum atomic E-state index is -0.339. The number of amides is 1. The smallest absolute Gasteiger partial charge is 0.261 e. The molecule has 1 unspecified atom stereocenters. The summed E-state index contributed by atoms with van der Waals surface area (Å²) in [6.07, 6.45) is 3.43. The molecule has 0 bridgehead atoms. The number of anilines is 1. The lowest BCUT2D eigenvalue weighted by atomic mass is 10.0. The summed E-state index contributed by atoms with van der Waals surface area (Å²) in [6.45, 7) is 6.14. The summed E-state index contributed by atoms with van der Waals surface area (Å²) < 4.78 is 2.07. The van der Waals surface area contributed by atoms with E-state index in [4.69, 9.17) is 0 Å². The summed E-state index contributed by atoms with van der Waals surface area (Å²) in [5.41, 5.74) is 5.02. The molecule has 1 aliphatic heterocycles. The molecule has 4 heteroatoms. The predicted molar refractivity (Wildman–Crippen MR) is 105 cm³/mol. The number of aromatic nitrogens is 1. The molecule has 4 rings (SSSR count). The minimum Gasteiger partial charge on any atom is -0.343 e. The summed E-state index contributed by atoms with van der Waals surface area (Å²) >= 11 is 0. The van der Waals surface area contributed by atoms with Gasteiger partial charge in [0.25, 0.3) is 5.91 Å². The van der Waals surface area contributed by atoms with Crippen LogP contribution in [-0.2, 0) is 12.8 Å². The quantitative estimate of drug-likeness (QED) is 0.771. The number of hydrogen-bond acceptors (Lipinski definition) is 2. The number of pyridine rings is 1. The minimum absolute atomic E-state index is 0.198. The predicted octanol–water partition coefficient (Wildman–Crippen LogP) is 4.24. The second-order valence-corrected chi connectivity index (χ2v) is 7.06. The average molecular weight is 346 g/mol. The lowest BCUT2D eigenvalue weighted by Crippen LogP contribution is -2.24. The van der Waals surface area contributed by atoms with E-state index in [0.717, 1.165) is 35.2 Å². The molecule has 0 aliphatic carbocycles. The molecule has 0 fully saturated rings. The van der Waals surface area contributed by atoms with Gasteiger partial charge in [-0.2, -0.15) is 0 Å². The fourth-order valence-electron chi connectivity index (χ4n) is 3.96. The third-order valence-corrected chi connectivity index (χ3v) is 5.35. The maximum atomic E-state index is 13.0. The van der Waals surface area contributed by atoms with Gasteiger partial charge in [0.1, 0.15) is 5.56 Å². The van der Waals surface area contributed by atoms with Crippen LogP contribution < -0.4 is 10.7 Å². The third kappa shape index (κ3) is 2.45. The summed E-state index contributed by atoms with van der Waals surface area (Å²) in [7, 11) is 0. The second kappa shape index (κ2) is 6.13. The zero-order valence-electron chi connectivity index (χ0n) is 15.3. The highest BCUT2D eigenvalue weighted by molar-refractivity contribution is 6.06. The van der Waals surface area contributed by atoms with Crippen molar-refractivity contribution in [3.8, 4) is 0 Å². The maximum absolute atomic E-state index is 13.0. The molecular weight excluding hydrogens is 324 g/mol. The van der Waals surface area contributed by atoms with Crippen LogP contribution >= 0.6 is 0 Å². The highest BCUT2D eigenvalue weighted by Gasteiger charge is 2.24. The lowest BCUT2D eigenvalue weighted by molar-refractivity contribution is 0.102. The van der Waals surface area contributed by atoms with Gasteiger partial charge in [-0.25, -0.2) is 0 Å². The highest BCUT2D eigenvalue weighted by atomic mass is 16.2. The van der Waals surface area contributed by atoms with Crippen molar-refractivity contribution in [1.29, 1.82) is 0 Å². The van der Waals surface area contributed by atoms with Crippen molar-refractivity contribution in [2.75, 3.05) is 5.32 Å². The Morgan fingerprint density at radius 3 is 2.77 bits per heavy atom. The van der Waals surface area contributed by atoms with Crippen molar-refractivity contribution in [3.05, 3.63) is 75.1 Å². The van der Waals surface area contributed by atoms with Gasteiger partial charge in [-0.05, 0) is 49.4 Å². The number of para-hydroxylation sites is 2. The second-order valence-electron chi connectivity index (χ2n) is 7.06. The fourth-order valence-corrected chi connectivity index (χ4v) is 3.96. The summed E-state index contributed by atoms with van der Waals surface area (Å²) in [5.74, 6) is -0.339. The van der Waals surface area contributed by atoms with E-state index in [1.807, 2.05) is 37.3 Å². The standard InChI is InChI=1S/C22H22N2O2/c1-4-15-8-5-7-13(2)19(15)23-22(26)18-12-24-14(3)11-16-9-6-10-17(20(16)24)21(18)25/h5-10,12,14H,4,11H2,1-3H3,(H,23,26). The number of nitrogens with zero attached hydrogens (tertiary/aromatic N) is 1. The first kappa shape index (κ1) is 16.6. The molecule has 1 amide bonds. The van der Waals surface area contributed by atoms with Gasteiger partial charge in [-0.3, -0.25) is 9.59 Å². The van der Waals surface area contributed by atoms with E-state index >= 15 is 0 Å². The van der Waals surface area contributed by atoms with Crippen LogP contribution in [0.1, 0.15) is 46.9 Å². The molecule has 1 atom stereocenters. The molecule has 1 N–H and O–H groups in total. The Kier molecular flexibility index (Phi) is 3.91. The number of nitrogens with one attached hydrogen (secondary N) is 1. The van der Waals surface area contributed by atoms with Gasteiger partial charge < -0.3 is 9.88 Å². The Balaban J connectivity index is 1.83. The number of aryl methyl sites for hydroxylation is 2. The van der Waals surface area contributed by atoms with E-state index in [0.29, 0.717) is 5.39 Å². The van der Waals surface area contributed by atoms with E-state index < -0.39 is 0 Å². The van der Waals surface area contributed by atoms with Crippen LogP contribution in [0.5, 0.6) is 0 Å². The Morgan fingerprint density at radius 1 is 1.23 bits per heavy atom. The monoisotopic (exact) mass is 346 g/mol. The molecule has 0 saturated carbocycles. The van der Waals surface area contributed by atoms with Gasteiger partial charge in [-0.15, -0.1) is 0 Å². The van der Waals surface area contributed by atoms with E-state index in [1.165, 1.54) is 5.56 Å². The summed E-state index contributed by atoms with van der Waals surface area (Å²) in [4.78, 5) is 25.9. The van der Waals surface area contributed by atoms with Crippen molar-refractivity contribution in [2.45, 2.75) is 39.7 Å². The average Bonchev–Trinajstić information content (AvgIpc) is 2.95. The van der Waals surface area contributed by atoms with E-state index in [2.05, 4.69) is 29.8 Å². The molecule has 0 spiro atoms. The van der Waals surface area contributed by atoms with Crippen LogP contribution in [0, 0.1) is 6.92 Å². The number of rotatable bonds is 3. The molecule has 1 aromatic heterocycles. The first-order chi connectivity index (χ1) is 12.5. The molecule has 26 heavy (non-hydrogen) atoms. The van der Waals surface area contributed by atoms with Gasteiger partial charge in [0.15, 0.2) is 0 Å². The van der Waals surface area contributed by atoms with Crippen molar-refractivity contribution in [3.63, 3.8) is 0 Å². The summed E-state index contributed by atoms with van der Waals surface area (Å²) in [5, 5.41) is 3.61. The first-order valence-electron chi connectivity index (χ1n) is 9.07. The zero-order chi connectivity index (χ0) is 18.4. The molecule has 2 aromatic carbocycles. The van der Waals surface area contributed by atoms with Crippen LogP contribution in [-0.4, -0.2) is 10.5 Å². The Morgan fingerprint density at radius 2 is 2.00 bits per heavy atom. The maximum Gasteiger partial charge on any atom is 0.261 e. The van der Waals surface area contributed by atoms with Gasteiger partial charge in [0, 0.05) is 23.3 Å². The zero-order valence-corrected chi connectivity index (χ0v) is 15.3. The van der Waals surface area contributed by atoms with Crippen molar-refractivity contribution < 1.29 is 4.79 Å². The normalized spacial score (nSPS) is 15.4. The molecule has 3 aromatic rings. The van der Waals surface area contributed by atoms with Crippen LogP contribution in [0.3, 0.4) is 0 Å². The molecule has 4 nitrogen and oxygen atoms in total. The third-order valence-electron chi connectivity index (χ3n) is 5.35. The molecule has 1 aliphatic rings. The lowest BCUT2D eigenvalue weighted by Gasteiger charge is -2.15. The Hall–Kier alpha value is -2.88. The summed E-state index contributed by atoms with van der Waals surface area (Å²) in [6, 6.07) is 12.0. The molecule has 2 heterocycles. The largest absolute Gasteiger partial charge is 0.343 e. The number of hydrogen-bond donors (Lipinski definition) is 1. The van der Waals surface area contributed by atoms with Gasteiger partial charge >= 0.3 is 0 Å². The molecule has 132 valence electrons. The van der Waals surface area contributed by atoms with Crippen LogP contribution in [0.15, 0.2) is 47.4 Å². The fraction of sp³-hybridized carbons (Fsp3) is 0.273. The van der Waals surface area contributed by atoms with Crippen molar-refractivity contribution in [2.24, 2.45) is 0 Å². The Labute approximate surface area is 152 Å². The van der Waals surface area contributed by atoms with E-state index in [1.54, 1.807) is 6.20 Å². The van der Waals surface area contributed by atoms with Crippen LogP contribution in [0.2, 0.25) is 0 Å². The van der Waals surface area contributed by atoms with Gasteiger partial charge in [0.2, 0.25) is 5.43 Å². The van der Waals surface area contributed by atoms with E-state index in [-0.39, 0.29) is 22.9 Å². The molecular formula is C22H22N2O2. The van der Waals surface area contributed by atoms with Crippen molar-refractivity contribution in [1.82, 2.24) is 4.57 Å². The number of benzene rings is 2. The number of carbonyl (C=O) groups excluding carboxylic acids is 1. The van der Waals surface area contributed by atoms with Crippen molar-refractivity contribution >= 4 is 22.5 Å². The topological polar surface area (TPSA) is 51.1 Å². The molecule has 0 radical (unpaired) electrons. The Bertz CT molecular complexity index is 1100. The SMILES string of the molecule is CCc1cccc(C)c1NC(=O)c1cn2c3c(cccc3c1=O)CC2C. The van der Waals surface area contributed by atoms with Gasteiger partial charge in [-0.1, -0.05) is 37.3 Å². The first-order valence-corrected chi connectivity index (χ1v) is 9.07. The van der Waals surface area contributed by atoms with Crippen LogP contribution in [0.25, 0.3) is 10.9 Å².